The van der Waals surface area contributed by atoms with E-state index in [1.165, 1.54) is 21.3 Å². The second-order valence-corrected chi connectivity index (χ2v) is 5.44. The van der Waals surface area contributed by atoms with E-state index in [4.69, 9.17) is 18.8 Å². The molecule has 0 heterocycles. The van der Waals surface area contributed by atoms with Gasteiger partial charge in [-0.25, -0.2) is 0 Å². The van der Waals surface area contributed by atoms with Gasteiger partial charge in [0, 0.05) is 26.2 Å². The predicted octanol–water partition coefficient (Wildman–Crippen LogP) is 1.49. The van der Waals surface area contributed by atoms with Crippen molar-refractivity contribution >= 4 is 8.80 Å². The first-order valence-electron chi connectivity index (χ1n) is 3.90. The number of hydrogen-bond donors (Lipinski definition) is 0. The first kappa shape index (κ1) is 12.4. The van der Waals surface area contributed by atoms with Crippen molar-refractivity contribution in [3.8, 4) is 0 Å². The van der Waals surface area contributed by atoms with Gasteiger partial charge < -0.3 is 13.3 Å². The van der Waals surface area contributed by atoms with E-state index in [1.807, 2.05) is 6.92 Å². The molecule has 0 radical (unpaired) electrons. The van der Waals surface area contributed by atoms with E-state index in [1.54, 1.807) is 0 Å². The van der Waals surface area contributed by atoms with Crippen LogP contribution in [-0.4, -0.2) is 35.8 Å². The molecule has 0 aliphatic heterocycles. The molecule has 0 amide bonds. The van der Waals surface area contributed by atoms with Crippen LogP contribution in [0.1, 0.15) is 13.3 Å². The van der Waals surface area contributed by atoms with Crippen LogP contribution in [0, 0.1) is 0 Å². The van der Waals surface area contributed by atoms with Crippen molar-refractivity contribution in [1.29, 1.82) is 0 Å². The van der Waals surface area contributed by atoms with Gasteiger partial charge in [0.2, 0.25) is 0 Å². The highest BCUT2D eigenvalue weighted by atomic mass is 28.4. The molecule has 0 aromatic heterocycles. The maximum absolute atomic E-state index is 8.33. The first-order chi connectivity index (χ1) is 6.20. The number of rotatable bonds is 6. The van der Waals surface area contributed by atoms with Crippen LogP contribution in [0.15, 0.2) is 5.11 Å². The van der Waals surface area contributed by atoms with Crippen molar-refractivity contribution < 1.29 is 13.3 Å². The second-order valence-electron chi connectivity index (χ2n) is 2.34. The van der Waals surface area contributed by atoms with E-state index in [0.717, 1.165) is 0 Å². The third kappa shape index (κ3) is 2.68. The summed E-state index contributed by atoms with van der Waals surface area (Å²) in [6.45, 7) is 1.89. The van der Waals surface area contributed by atoms with Crippen molar-refractivity contribution in [2.24, 2.45) is 5.11 Å². The topological polar surface area (TPSA) is 76.5 Å². The lowest BCUT2D eigenvalue weighted by atomic mass is 10.5. The Bertz CT molecular complexity index is 183. The molecule has 1 unspecified atom stereocenters. The van der Waals surface area contributed by atoms with Crippen LogP contribution in [0.5, 0.6) is 0 Å². The van der Waals surface area contributed by atoms with Gasteiger partial charge in [-0.05, 0) is 12.0 Å². The van der Waals surface area contributed by atoms with Crippen molar-refractivity contribution in [1.82, 2.24) is 0 Å². The minimum Gasteiger partial charge on any atom is -0.377 e. The average molecular weight is 205 g/mol. The molecule has 0 saturated heterocycles. The summed E-state index contributed by atoms with van der Waals surface area (Å²) in [7, 11) is 1.70. The SMILES string of the molecule is CCC(N=[N+]=[N-])[Si](OC)(OC)OC. The molecule has 7 heteroatoms. The van der Waals surface area contributed by atoms with Crippen molar-refractivity contribution in [3.05, 3.63) is 10.4 Å². The molecule has 6 nitrogen and oxygen atoms in total. The number of hydrogen-bond acceptors (Lipinski definition) is 4. The Labute approximate surface area is 78.8 Å². The Morgan fingerprint density at radius 3 is 2.00 bits per heavy atom. The zero-order valence-electron chi connectivity index (χ0n) is 8.35. The zero-order chi connectivity index (χ0) is 10.3. The van der Waals surface area contributed by atoms with Crippen molar-refractivity contribution in [3.63, 3.8) is 0 Å². The Morgan fingerprint density at radius 2 is 1.77 bits per heavy atom. The minimum atomic E-state index is -2.79. The fourth-order valence-electron chi connectivity index (χ4n) is 1.12. The molecule has 0 spiro atoms. The molecule has 0 rings (SSSR count). The highest BCUT2D eigenvalue weighted by Gasteiger charge is 2.45. The number of nitrogens with zero attached hydrogens (tertiary/aromatic N) is 3. The van der Waals surface area contributed by atoms with E-state index in [9.17, 15) is 0 Å². The van der Waals surface area contributed by atoms with Crippen LogP contribution >= 0.6 is 0 Å². The van der Waals surface area contributed by atoms with Gasteiger partial charge in [-0.3, -0.25) is 0 Å². The quantitative estimate of drug-likeness (QED) is 0.285. The maximum atomic E-state index is 8.33. The summed E-state index contributed by atoms with van der Waals surface area (Å²) in [6.07, 6.45) is 0.631. The molecule has 0 bridgehead atoms. The second kappa shape index (κ2) is 5.95. The highest BCUT2D eigenvalue weighted by molar-refractivity contribution is 6.62. The van der Waals surface area contributed by atoms with Crippen LogP contribution in [0.4, 0.5) is 0 Å². The molecule has 76 valence electrons. The van der Waals surface area contributed by atoms with Crippen LogP contribution in [0.3, 0.4) is 0 Å². The lowest BCUT2D eigenvalue weighted by Gasteiger charge is -2.28. The third-order valence-electron chi connectivity index (χ3n) is 1.84. The van der Waals surface area contributed by atoms with Crippen molar-refractivity contribution in [2.75, 3.05) is 21.3 Å². The Balaban J connectivity index is 4.75. The van der Waals surface area contributed by atoms with Gasteiger partial charge in [-0.2, -0.15) is 0 Å². The number of azide groups is 1. The van der Waals surface area contributed by atoms with Crippen LogP contribution in [0.25, 0.3) is 10.4 Å². The molecule has 0 aliphatic carbocycles. The van der Waals surface area contributed by atoms with Crippen LogP contribution < -0.4 is 0 Å². The Morgan fingerprint density at radius 1 is 1.31 bits per heavy atom. The molecule has 0 aliphatic rings. The summed E-state index contributed by atoms with van der Waals surface area (Å²) in [5.74, 6) is 0. The molecule has 0 aromatic rings. The third-order valence-corrected chi connectivity index (χ3v) is 4.89. The van der Waals surface area contributed by atoms with E-state index < -0.39 is 8.80 Å². The van der Waals surface area contributed by atoms with Gasteiger partial charge in [0.25, 0.3) is 0 Å². The van der Waals surface area contributed by atoms with E-state index in [0.29, 0.717) is 6.42 Å². The molecule has 0 aromatic carbocycles. The average Bonchev–Trinajstić information content (AvgIpc) is 2.19. The summed E-state index contributed by atoms with van der Waals surface area (Å²) in [4.78, 5) is 2.74. The summed E-state index contributed by atoms with van der Waals surface area (Å²) >= 11 is 0. The summed E-state index contributed by atoms with van der Waals surface area (Å²) in [5, 5.41) is 3.59. The normalized spacial score (nSPS) is 13.5. The summed E-state index contributed by atoms with van der Waals surface area (Å²) < 4.78 is 15.5. The molecule has 0 fully saturated rings. The smallest absolute Gasteiger partial charge is 0.377 e. The Hall–Kier alpha value is -0.593. The molecule has 13 heavy (non-hydrogen) atoms. The first-order valence-corrected chi connectivity index (χ1v) is 5.70. The van der Waals surface area contributed by atoms with Gasteiger partial charge in [0.05, 0.1) is 0 Å². The van der Waals surface area contributed by atoms with E-state index in [2.05, 4.69) is 10.0 Å². The molecule has 1 atom stereocenters. The zero-order valence-corrected chi connectivity index (χ0v) is 9.35. The fraction of sp³-hybridized carbons (Fsp3) is 1.00. The van der Waals surface area contributed by atoms with E-state index in [-0.39, 0.29) is 5.67 Å². The van der Waals surface area contributed by atoms with Gasteiger partial charge in [0.15, 0.2) is 0 Å². The van der Waals surface area contributed by atoms with E-state index >= 15 is 0 Å². The predicted molar refractivity (Wildman–Crippen MR) is 50.0 cm³/mol. The van der Waals surface area contributed by atoms with Gasteiger partial charge in [-0.1, -0.05) is 12.0 Å². The maximum Gasteiger partial charge on any atom is 0.509 e. The monoisotopic (exact) mass is 205 g/mol. The van der Waals surface area contributed by atoms with Gasteiger partial charge in [0.1, 0.15) is 5.67 Å². The van der Waals surface area contributed by atoms with Crippen molar-refractivity contribution in [2.45, 2.75) is 19.0 Å². The molecule has 0 saturated carbocycles. The standard InChI is InChI=1S/C6H15N3O3Si/c1-5-6(8-9-7)13(10-2,11-3)12-4/h6H,5H2,1-4H3. The fourth-order valence-corrected chi connectivity index (χ4v) is 3.13. The van der Waals surface area contributed by atoms with Crippen LogP contribution in [-0.2, 0) is 13.3 Å². The Kier molecular flexibility index (Phi) is 5.68. The molecular formula is C6H15N3O3Si. The van der Waals surface area contributed by atoms with Gasteiger partial charge >= 0.3 is 8.80 Å². The highest BCUT2D eigenvalue weighted by Crippen LogP contribution is 2.17. The van der Waals surface area contributed by atoms with Crippen LogP contribution in [0.2, 0.25) is 0 Å². The lowest BCUT2D eigenvalue weighted by Crippen LogP contribution is -2.53. The minimum absolute atomic E-state index is 0.363. The lowest BCUT2D eigenvalue weighted by molar-refractivity contribution is 0.112. The largest absolute Gasteiger partial charge is 0.509 e. The summed E-state index contributed by atoms with van der Waals surface area (Å²) in [5.41, 5.74) is 7.97. The van der Waals surface area contributed by atoms with Gasteiger partial charge in [-0.15, -0.1) is 0 Å². The molecular weight excluding hydrogens is 190 g/mol. The summed E-state index contributed by atoms with van der Waals surface area (Å²) in [6, 6.07) is 0. The molecule has 0 N–H and O–H groups in total.